The molecule has 1 aliphatic rings. The lowest BCUT2D eigenvalue weighted by Crippen LogP contribution is -2.30. The molecule has 0 unspecified atom stereocenters. The lowest BCUT2D eigenvalue weighted by atomic mass is 10.1. The standard InChI is InChI=1S/C23H18F4N4O2S/c1-33-19-8-7-13(9-14(19)12-30-18(21(26)27)11-16(29-30)20(24)25)10-17-22(32)31(23(34)28-17)15-5-3-2-4-6-15/h2-11,20-21H,12H2,1H3,(H,28,34)/b17-10+. The fraction of sp³-hybridized carbons (Fsp3) is 0.174. The summed E-state index contributed by atoms with van der Waals surface area (Å²) < 4.78 is 58.9. The fourth-order valence-electron chi connectivity index (χ4n) is 3.55. The van der Waals surface area contributed by atoms with Gasteiger partial charge in [0.15, 0.2) is 5.11 Å². The van der Waals surface area contributed by atoms with Crippen LogP contribution in [-0.4, -0.2) is 27.9 Å². The van der Waals surface area contributed by atoms with Crippen molar-refractivity contribution in [3.8, 4) is 5.75 Å². The Hall–Kier alpha value is -3.73. The Morgan fingerprint density at radius 1 is 1.09 bits per heavy atom. The lowest BCUT2D eigenvalue weighted by molar-refractivity contribution is -0.113. The highest BCUT2D eigenvalue weighted by molar-refractivity contribution is 7.80. The summed E-state index contributed by atoms with van der Waals surface area (Å²) >= 11 is 5.30. The van der Waals surface area contributed by atoms with Crippen molar-refractivity contribution in [1.29, 1.82) is 0 Å². The van der Waals surface area contributed by atoms with E-state index in [0.29, 0.717) is 28.6 Å². The minimum absolute atomic E-state index is 0.217. The summed E-state index contributed by atoms with van der Waals surface area (Å²) in [4.78, 5) is 14.3. The average molecular weight is 490 g/mol. The zero-order valence-electron chi connectivity index (χ0n) is 17.7. The van der Waals surface area contributed by atoms with Gasteiger partial charge < -0.3 is 10.1 Å². The van der Waals surface area contributed by atoms with Crippen LogP contribution in [0.3, 0.4) is 0 Å². The van der Waals surface area contributed by atoms with Crippen molar-refractivity contribution in [1.82, 2.24) is 15.1 Å². The van der Waals surface area contributed by atoms with Gasteiger partial charge in [0.1, 0.15) is 22.8 Å². The molecule has 1 fully saturated rings. The number of carbonyl (C=O) groups excluding carboxylic acids is 1. The van der Waals surface area contributed by atoms with Crippen molar-refractivity contribution >= 4 is 35.0 Å². The second-order valence-electron chi connectivity index (χ2n) is 7.29. The van der Waals surface area contributed by atoms with Crippen LogP contribution in [0.1, 0.15) is 35.4 Å². The number of aromatic nitrogens is 2. The molecule has 6 nitrogen and oxygen atoms in total. The first-order valence-corrected chi connectivity index (χ1v) is 10.4. The molecule has 0 saturated carbocycles. The Balaban J connectivity index is 1.66. The van der Waals surface area contributed by atoms with Gasteiger partial charge >= 0.3 is 0 Å². The Labute approximate surface area is 197 Å². The summed E-state index contributed by atoms with van der Waals surface area (Å²) in [5.41, 5.74) is 0.425. The van der Waals surface area contributed by atoms with Gasteiger partial charge in [-0.3, -0.25) is 14.4 Å². The van der Waals surface area contributed by atoms with Crippen LogP contribution in [0.5, 0.6) is 5.75 Å². The third-order valence-electron chi connectivity index (χ3n) is 5.11. The molecule has 0 atom stereocenters. The molecule has 0 aliphatic carbocycles. The molecule has 1 aromatic heterocycles. The van der Waals surface area contributed by atoms with Crippen LogP contribution >= 0.6 is 12.2 Å². The Morgan fingerprint density at radius 3 is 2.47 bits per heavy atom. The Kier molecular flexibility index (Phi) is 6.64. The number of hydrogen-bond donors (Lipinski definition) is 1. The number of rotatable bonds is 7. The molecule has 34 heavy (non-hydrogen) atoms. The zero-order chi connectivity index (χ0) is 24.4. The van der Waals surface area contributed by atoms with E-state index in [0.717, 1.165) is 4.68 Å². The second-order valence-corrected chi connectivity index (χ2v) is 7.68. The molecular formula is C23H18F4N4O2S. The molecule has 1 amide bonds. The number of hydrogen-bond acceptors (Lipinski definition) is 4. The number of nitrogens with zero attached hydrogens (tertiary/aromatic N) is 3. The normalized spacial score (nSPS) is 15.0. The molecule has 1 saturated heterocycles. The first kappa shape index (κ1) is 23.4. The van der Waals surface area contributed by atoms with E-state index in [-0.39, 0.29) is 23.3 Å². The maximum absolute atomic E-state index is 13.4. The maximum atomic E-state index is 13.4. The number of benzene rings is 2. The van der Waals surface area contributed by atoms with Gasteiger partial charge in [0.25, 0.3) is 18.8 Å². The lowest BCUT2D eigenvalue weighted by Gasteiger charge is -2.13. The monoisotopic (exact) mass is 490 g/mol. The van der Waals surface area contributed by atoms with E-state index < -0.39 is 24.2 Å². The number of nitrogens with one attached hydrogen (secondary N) is 1. The van der Waals surface area contributed by atoms with E-state index in [1.165, 1.54) is 12.0 Å². The number of amides is 1. The molecule has 0 bridgehead atoms. The maximum Gasteiger partial charge on any atom is 0.282 e. The first-order valence-electron chi connectivity index (χ1n) is 10.0. The van der Waals surface area contributed by atoms with Gasteiger partial charge in [0, 0.05) is 5.56 Å². The topological polar surface area (TPSA) is 59.4 Å². The summed E-state index contributed by atoms with van der Waals surface area (Å²) in [6, 6.07) is 14.4. The quantitative estimate of drug-likeness (QED) is 0.285. The predicted molar refractivity (Wildman–Crippen MR) is 122 cm³/mol. The van der Waals surface area contributed by atoms with Crippen molar-refractivity contribution in [2.45, 2.75) is 19.4 Å². The molecule has 176 valence electrons. The van der Waals surface area contributed by atoms with Crippen LogP contribution in [0, 0.1) is 0 Å². The minimum atomic E-state index is -2.98. The third-order valence-corrected chi connectivity index (χ3v) is 5.39. The number of ether oxygens (including phenoxy) is 1. The number of para-hydroxylation sites is 1. The van der Waals surface area contributed by atoms with Gasteiger partial charge in [-0.05, 0) is 54.2 Å². The van der Waals surface area contributed by atoms with Crippen molar-refractivity contribution in [2.75, 3.05) is 12.0 Å². The van der Waals surface area contributed by atoms with Gasteiger partial charge in [-0.1, -0.05) is 24.3 Å². The molecule has 2 aromatic carbocycles. The van der Waals surface area contributed by atoms with Gasteiger partial charge in [0.05, 0.1) is 19.3 Å². The fourth-order valence-corrected chi connectivity index (χ4v) is 3.85. The van der Waals surface area contributed by atoms with E-state index in [1.54, 1.807) is 48.5 Å². The van der Waals surface area contributed by atoms with E-state index in [1.807, 2.05) is 6.07 Å². The van der Waals surface area contributed by atoms with Crippen LogP contribution in [0.15, 0.2) is 60.3 Å². The van der Waals surface area contributed by atoms with Gasteiger partial charge in [0.2, 0.25) is 0 Å². The number of carbonyl (C=O) groups is 1. The van der Waals surface area contributed by atoms with Crippen molar-refractivity contribution in [3.63, 3.8) is 0 Å². The first-order chi connectivity index (χ1) is 16.3. The van der Waals surface area contributed by atoms with Crippen LogP contribution in [0.25, 0.3) is 6.08 Å². The van der Waals surface area contributed by atoms with E-state index >= 15 is 0 Å². The molecule has 1 aliphatic heterocycles. The van der Waals surface area contributed by atoms with Gasteiger partial charge in [-0.2, -0.15) is 5.10 Å². The van der Waals surface area contributed by atoms with Crippen molar-refractivity contribution in [2.24, 2.45) is 0 Å². The van der Waals surface area contributed by atoms with Gasteiger partial charge in [-0.25, -0.2) is 17.6 Å². The predicted octanol–water partition coefficient (Wildman–Crippen LogP) is 5.08. The van der Waals surface area contributed by atoms with Crippen LogP contribution in [0.2, 0.25) is 0 Å². The molecule has 1 N–H and O–H groups in total. The minimum Gasteiger partial charge on any atom is -0.496 e. The Morgan fingerprint density at radius 2 is 1.82 bits per heavy atom. The third kappa shape index (κ3) is 4.65. The second kappa shape index (κ2) is 9.64. The zero-order valence-corrected chi connectivity index (χ0v) is 18.5. The van der Waals surface area contributed by atoms with Crippen molar-refractivity contribution < 1.29 is 27.1 Å². The summed E-state index contributed by atoms with van der Waals surface area (Å²) in [5, 5.41) is 6.72. The van der Waals surface area contributed by atoms with Crippen molar-refractivity contribution in [3.05, 3.63) is 82.8 Å². The highest BCUT2D eigenvalue weighted by atomic mass is 32.1. The van der Waals surface area contributed by atoms with E-state index in [4.69, 9.17) is 17.0 Å². The largest absolute Gasteiger partial charge is 0.496 e. The van der Waals surface area contributed by atoms with E-state index in [9.17, 15) is 22.4 Å². The highest BCUT2D eigenvalue weighted by Crippen LogP contribution is 2.29. The molecule has 3 aromatic rings. The molecular weight excluding hydrogens is 472 g/mol. The smallest absolute Gasteiger partial charge is 0.282 e. The van der Waals surface area contributed by atoms with Gasteiger partial charge in [-0.15, -0.1) is 0 Å². The molecule has 4 rings (SSSR count). The molecule has 0 spiro atoms. The molecule has 0 radical (unpaired) electrons. The van der Waals surface area contributed by atoms with Crippen LogP contribution < -0.4 is 15.0 Å². The van der Waals surface area contributed by atoms with Crippen LogP contribution in [-0.2, 0) is 11.3 Å². The summed E-state index contributed by atoms with van der Waals surface area (Å²) in [5.74, 6) is -0.00851. The molecule has 2 heterocycles. The average Bonchev–Trinajstić information content (AvgIpc) is 3.35. The van der Waals surface area contributed by atoms with E-state index in [2.05, 4.69) is 10.4 Å². The molecule has 11 heteroatoms. The number of anilines is 1. The van der Waals surface area contributed by atoms with Crippen LogP contribution in [0.4, 0.5) is 23.2 Å². The number of thiocarbonyl (C=S) groups is 1. The SMILES string of the molecule is COc1ccc(/C=C2/NC(=S)N(c3ccccc3)C2=O)cc1Cn1nc(C(F)F)cc1C(F)F. The number of alkyl halides is 4. The summed E-state index contributed by atoms with van der Waals surface area (Å²) in [6.45, 7) is -0.234. The number of methoxy groups -OCH3 is 1. The Bertz CT molecular complexity index is 1260. The number of halogens is 4. The highest BCUT2D eigenvalue weighted by Gasteiger charge is 2.31. The summed E-state index contributed by atoms with van der Waals surface area (Å²) in [6.07, 6.45) is -4.41. The summed E-state index contributed by atoms with van der Waals surface area (Å²) in [7, 11) is 1.40.